The van der Waals surface area contributed by atoms with Gasteiger partial charge in [-0.3, -0.25) is 9.97 Å². The molecule has 0 saturated heterocycles. The van der Waals surface area contributed by atoms with Gasteiger partial charge in [-0.2, -0.15) is 4.98 Å². The van der Waals surface area contributed by atoms with E-state index in [4.69, 9.17) is 26.4 Å². The normalized spacial score (nSPS) is 10.1. The van der Waals surface area contributed by atoms with E-state index in [1.165, 1.54) is 31.0 Å². The van der Waals surface area contributed by atoms with E-state index in [0.717, 1.165) is 5.56 Å². The first-order valence-corrected chi connectivity index (χ1v) is 9.80. The van der Waals surface area contributed by atoms with Crippen LogP contribution in [0.1, 0.15) is 17.5 Å². The Labute approximate surface area is 206 Å². The Morgan fingerprint density at radius 1 is 1.03 bits per heavy atom. The molecule has 0 aliphatic heterocycles. The molecule has 182 valence electrons. The number of oxime groups is 1. The summed E-state index contributed by atoms with van der Waals surface area (Å²) in [4.78, 5) is 21.9. The van der Waals surface area contributed by atoms with Crippen molar-refractivity contribution in [2.45, 2.75) is 0 Å². The highest BCUT2D eigenvalue weighted by Crippen LogP contribution is 2.21. The van der Waals surface area contributed by atoms with Gasteiger partial charge in [0, 0.05) is 35.9 Å². The molecule has 0 aromatic carbocycles. The molecule has 5 aromatic heterocycles. The van der Waals surface area contributed by atoms with Gasteiger partial charge in [-0.25, -0.2) is 4.79 Å². The molecule has 5 rings (SSSR count). The van der Waals surface area contributed by atoms with Gasteiger partial charge in [0.05, 0.1) is 12.5 Å². The zero-order chi connectivity index (χ0) is 26.9. The van der Waals surface area contributed by atoms with Crippen LogP contribution in [0.25, 0.3) is 23.0 Å². The average molecular weight is 489 g/mol. The van der Waals surface area contributed by atoms with Crippen LogP contribution >= 0.6 is 0 Å². The third-order valence-electron chi connectivity index (χ3n) is 3.87. The Morgan fingerprint density at radius 2 is 1.72 bits per heavy atom. The molecule has 0 atom stereocenters. The molecule has 5 aromatic rings. The number of rotatable bonds is 4. The van der Waals surface area contributed by atoms with Crippen LogP contribution in [0.15, 0.2) is 104 Å². The van der Waals surface area contributed by atoms with Crippen LogP contribution in [0.3, 0.4) is 0 Å². The molecule has 0 aliphatic carbocycles. The zero-order valence-corrected chi connectivity index (χ0v) is 18.5. The van der Waals surface area contributed by atoms with Gasteiger partial charge >= 0.3 is 5.97 Å². The fourth-order valence-electron chi connectivity index (χ4n) is 2.31. The lowest BCUT2D eigenvalue weighted by Crippen LogP contribution is -2.12. The first-order chi connectivity index (χ1) is 18.0. The number of carboxylic acids is 1. The van der Waals surface area contributed by atoms with Gasteiger partial charge in [0.2, 0.25) is 11.6 Å². The van der Waals surface area contributed by atoms with E-state index in [-0.39, 0.29) is 11.6 Å². The highest BCUT2D eigenvalue weighted by Gasteiger charge is 2.12. The summed E-state index contributed by atoms with van der Waals surface area (Å²) in [5.41, 5.74) is 6.68. The molecule has 36 heavy (non-hydrogen) atoms. The molecule has 12 nitrogen and oxygen atoms in total. The summed E-state index contributed by atoms with van der Waals surface area (Å²) in [5.74, 6) is 0.444. The highest BCUT2D eigenvalue weighted by atomic mass is 16.5. The molecule has 0 aliphatic rings. The molecule has 0 unspecified atom stereocenters. The lowest BCUT2D eigenvalue weighted by molar-refractivity contribution is 0.0662. The van der Waals surface area contributed by atoms with Crippen molar-refractivity contribution in [3.8, 4) is 35.9 Å². The van der Waals surface area contributed by atoms with Gasteiger partial charge in [-0.05, 0) is 48.5 Å². The second kappa shape index (κ2) is 14.4. The average Bonchev–Trinajstić information content (AvgIpc) is 3.73. The molecule has 4 N–H and O–H groups in total. The van der Waals surface area contributed by atoms with Crippen LogP contribution in [-0.2, 0) is 0 Å². The van der Waals surface area contributed by atoms with Crippen molar-refractivity contribution < 1.29 is 29.8 Å². The number of nitrogens with two attached hydrogens (primary N) is 1. The molecular weight excluding hydrogens is 468 g/mol. The molecule has 0 amide bonds. The summed E-state index contributed by atoms with van der Waals surface area (Å²) in [6.45, 7) is 0. The van der Waals surface area contributed by atoms with E-state index in [9.17, 15) is 4.79 Å². The van der Waals surface area contributed by atoms with Gasteiger partial charge in [0.25, 0.3) is 5.89 Å². The topological polar surface area (TPSA) is 187 Å². The maximum atomic E-state index is 9.97. The number of carboxylic acid groups (broad SMARTS) is 1. The van der Waals surface area contributed by atoms with Crippen LogP contribution in [0.4, 0.5) is 0 Å². The molecule has 0 radical (unpaired) electrons. The number of hydrogen-bond donors (Lipinski definition) is 3. The van der Waals surface area contributed by atoms with Crippen molar-refractivity contribution in [3.05, 3.63) is 97.2 Å². The number of amidine groups is 1. The monoisotopic (exact) mass is 489 g/mol. The third-order valence-corrected chi connectivity index (χ3v) is 3.87. The van der Waals surface area contributed by atoms with Crippen molar-refractivity contribution in [3.63, 3.8) is 0 Å². The lowest BCUT2D eigenvalue weighted by atomic mass is 10.3. The van der Waals surface area contributed by atoms with E-state index < -0.39 is 5.97 Å². The third kappa shape index (κ3) is 8.01. The number of aromatic nitrogens is 4. The quantitative estimate of drug-likeness (QED) is 0.109. The zero-order valence-electron chi connectivity index (χ0n) is 19.5. The number of pyridine rings is 2. The van der Waals surface area contributed by atoms with Gasteiger partial charge in [0.15, 0.2) is 11.6 Å². The first kappa shape index (κ1) is 24.9. The predicted molar refractivity (Wildman–Crippen MR) is 128 cm³/mol. The van der Waals surface area contributed by atoms with Crippen molar-refractivity contribution in [2.75, 3.05) is 0 Å². The predicted octanol–water partition coefficient (Wildman–Crippen LogP) is 3.79. The minimum atomic E-state index is -1.03. The van der Waals surface area contributed by atoms with Gasteiger partial charge in [-0.1, -0.05) is 10.3 Å². The first-order valence-electron chi connectivity index (χ1n) is 10.3. The minimum absolute atomic E-state index is 0.0231. The lowest BCUT2D eigenvalue weighted by Gasteiger charge is -1.93. The SMILES string of the molecule is N/C(=N\O)c1cccnc1.O=C(O)c1ccco1.[2H]C#C.c1cncc(-c2noc(-c3ccco3)n2)c1. The second-order valence-electron chi connectivity index (χ2n) is 6.15. The van der Waals surface area contributed by atoms with Crippen molar-refractivity contribution in [1.29, 1.82) is 0 Å². The standard InChI is InChI=1S/C11H7N3O2.C6H7N3O.C5H4O3.C2H2/c1-3-8(7-12-5-1)10-13-11(16-14-10)9-4-2-6-15-9;7-6(9-10)5-2-1-3-8-4-5;6-5(7)4-2-1-3-8-4;1-2/h1-7H;1-4,10H,(H2,7,9);1-3H,(H,6,7);1-2H/i;;;1D. The Balaban J connectivity index is 0.000000198. The Morgan fingerprint density at radius 3 is 2.22 bits per heavy atom. The van der Waals surface area contributed by atoms with E-state index in [1.54, 1.807) is 49.1 Å². The summed E-state index contributed by atoms with van der Waals surface area (Å²) in [7, 11) is 0. The Bertz CT molecular complexity index is 1380. The minimum Gasteiger partial charge on any atom is -0.475 e. The molecule has 0 spiro atoms. The largest absolute Gasteiger partial charge is 0.475 e. The summed E-state index contributed by atoms with van der Waals surface area (Å²) in [6, 6.07) is 13.6. The molecular formula is C24H20N6O6. The maximum Gasteiger partial charge on any atom is 0.371 e. The summed E-state index contributed by atoms with van der Waals surface area (Å²) < 4.78 is 20.5. The number of furan rings is 2. The number of terminal acetylenes is 1. The molecule has 12 heteroatoms. The van der Waals surface area contributed by atoms with Crippen LogP contribution in [-0.4, -0.2) is 42.2 Å². The van der Waals surface area contributed by atoms with Crippen molar-refractivity contribution in [2.24, 2.45) is 10.9 Å². The Hall–Kier alpha value is -5.70. The van der Waals surface area contributed by atoms with E-state index in [1.807, 2.05) is 12.1 Å². The van der Waals surface area contributed by atoms with Gasteiger partial charge in [-0.15, -0.1) is 12.8 Å². The highest BCUT2D eigenvalue weighted by molar-refractivity contribution is 5.96. The van der Waals surface area contributed by atoms with E-state index in [0.29, 0.717) is 23.0 Å². The maximum absolute atomic E-state index is 9.97. The van der Waals surface area contributed by atoms with Crippen LogP contribution in [0.5, 0.6) is 0 Å². The van der Waals surface area contributed by atoms with Gasteiger partial charge in [0.1, 0.15) is 1.37 Å². The number of hydrogen-bond acceptors (Lipinski definition) is 10. The smallest absolute Gasteiger partial charge is 0.371 e. The Kier molecular flexibility index (Phi) is 10.0. The number of nitrogens with zero attached hydrogens (tertiary/aromatic N) is 5. The summed E-state index contributed by atoms with van der Waals surface area (Å²) in [5, 5.41) is 23.1. The fraction of sp³-hybridized carbons (Fsp3) is 0. The fourth-order valence-corrected chi connectivity index (χ4v) is 2.31. The summed E-state index contributed by atoms with van der Waals surface area (Å²) >= 11 is 0. The molecule has 5 heterocycles. The molecule has 0 bridgehead atoms. The molecule has 0 fully saturated rings. The van der Waals surface area contributed by atoms with Crippen LogP contribution < -0.4 is 5.73 Å². The van der Waals surface area contributed by atoms with Crippen LogP contribution in [0, 0.1) is 12.8 Å². The second-order valence-corrected chi connectivity index (χ2v) is 6.15. The van der Waals surface area contributed by atoms with Gasteiger partial charge < -0.3 is 29.4 Å². The molecule has 0 saturated carbocycles. The van der Waals surface area contributed by atoms with E-state index >= 15 is 0 Å². The number of carbonyl (C=O) groups is 1. The van der Waals surface area contributed by atoms with E-state index in [2.05, 4.69) is 36.1 Å². The summed E-state index contributed by atoms with van der Waals surface area (Å²) in [6.07, 6.45) is 15.2. The van der Waals surface area contributed by atoms with Crippen LogP contribution in [0.2, 0.25) is 0 Å². The van der Waals surface area contributed by atoms with Crippen molar-refractivity contribution >= 4 is 11.8 Å². The number of aromatic carboxylic acids is 1. The van der Waals surface area contributed by atoms with Crippen molar-refractivity contribution in [1.82, 2.24) is 20.1 Å².